The van der Waals surface area contributed by atoms with Crippen LogP contribution >= 0.6 is 0 Å². The lowest BCUT2D eigenvalue weighted by Gasteiger charge is -2.25. The van der Waals surface area contributed by atoms with Crippen LogP contribution in [0.15, 0.2) is 65.8 Å². The third kappa shape index (κ3) is 1.44. The summed E-state index contributed by atoms with van der Waals surface area (Å²) in [5, 5.41) is 2.61. The zero-order valence-corrected chi connectivity index (χ0v) is 11.5. The van der Waals surface area contributed by atoms with Crippen LogP contribution in [-0.2, 0) is 0 Å². The molecule has 0 radical (unpaired) electrons. The number of fused-ring (bicyclic) bond motifs is 5. The van der Waals surface area contributed by atoms with E-state index in [1.165, 1.54) is 27.6 Å². The van der Waals surface area contributed by atoms with Gasteiger partial charge in [0.25, 0.3) is 0 Å². The summed E-state index contributed by atoms with van der Waals surface area (Å²) in [6.45, 7) is 0.901. The van der Waals surface area contributed by atoms with Gasteiger partial charge < -0.3 is 4.90 Å². The minimum Gasteiger partial charge on any atom is -0.345 e. The van der Waals surface area contributed by atoms with E-state index < -0.39 is 0 Å². The lowest BCUT2D eigenvalue weighted by molar-refractivity contribution is 0.493. The van der Waals surface area contributed by atoms with Crippen molar-refractivity contribution in [2.75, 3.05) is 6.54 Å². The summed E-state index contributed by atoms with van der Waals surface area (Å²) >= 11 is 0. The summed E-state index contributed by atoms with van der Waals surface area (Å²) in [6.07, 6.45) is 12.9. The van der Waals surface area contributed by atoms with E-state index in [2.05, 4.69) is 70.7 Å². The number of rotatable bonds is 0. The summed E-state index contributed by atoms with van der Waals surface area (Å²) in [4.78, 5) is 6.95. The Morgan fingerprint density at radius 2 is 2.05 bits per heavy atom. The number of allylic oxidation sites excluding steroid dienone is 1. The van der Waals surface area contributed by atoms with E-state index in [4.69, 9.17) is 0 Å². The number of benzene rings is 2. The summed E-state index contributed by atoms with van der Waals surface area (Å²) in [7, 11) is 0. The first kappa shape index (κ1) is 11.1. The van der Waals surface area contributed by atoms with Crippen LogP contribution in [0.25, 0.3) is 22.5 Å². The molecule has 1 unspecified atom stereocenters. The second-order valence-corrected chi connectivity index (χ2v) is 5.85. The van der Waals surface area contributed by atoms with Crippen molar-refractivity contribution in [1.29, 1.82) is 0 Å². The maximum Gasteiger partial charge on any atom is 0.117 e. The van der Waals surface area contributed by atoms with Gasteiger partial charge in [0.2, 0.25) is 0 Å². The first-order valence-electron chi connectivity index (χ1n) is 7.28. The molecule has 0 aromatic heterocycles. The molecule has 0 N–H and O–H groups in total. The molecular formula is C19H14N2. The molecule has 1 spiro atoms. The van der Waals surface area contributed by atoms with Gasteiger partial charge in [-0.25, -0.2) is 0 Å². The van der Waals surface area contributed by atoms with E-state index in [9.17, 15) is 0 Å². The van der Waals surface area contributed by atoms with Gasteiger partial charge >= 0.3 is 0 Å². The van der Waals surface area contributed by atoms with Crippen LogP contribution in [0.1, 0.15) is 11.1 Å². The molecule has 3 aliphatic heterocycles. The predicted molar refractivity (Wildman–Crippen MR) is 88.0 cm³/mol. The molecule has 21 heavy (non-hydrogen) atoms. The van der Waals surface area contributed by atoms with Gasteiger partial charge in [-0.15, -0.1) is 0 Å². The van der Waals surface area contributed by atoms with E-state index in [1.807, 2.05) is 12.3 Å². The van der Waals surface area contributed by atoms with Crippen molar-refractivity contribution in [3.8, 4) is 0 Å². The Bertz CT molecular complexity index is 872. The quantitative estimate of drug-likeness (QED) is 0.709. The molecule has 0 amide bonds. The van der Waals surface area contributed by atoms with Crippen LogP contribution in [0.4, 0.5) is 0 Å². The van der Waals surface area contributed by atoms with Gasteiger partial charge in [-0.2, -0.15) is 0 Å². The summed E-state index contributed by atoms with van der Waals surface area (Å²) in [5.41, 5.74) is 3.75. The molecular weight excluding hydrogens is 256 g/mol. The van der Waals surface area contributed by atoms with E-state index in [0.717, 1.165) is 6.54 Å². The van der Waals surface area contributed by atoms with Crippen molar-refractivity contribution in [3.63, 3.8) is 0 Å². The van der Waals surface area contributed by atoms with Gasteiger partial charge in [-0.05, 0) is 40.6 Å². The highest BCUT2D eigenvalue weighted by Gasteiger charge is 2.37. The Morgan fingerprint density at radius 1 is 1.10 bits per heavy atom. The zero-order chi connectivity index (χ0) is 13.9. The van der Waals surface area contributed by atoms with Crippen LogP contribution in [0.5, 0.6) is 0 Å². The fourth-order valence-electron chi connectivity index (χ4n) is 3.57. The average molecular weight is 270 g/mol. The highest BCUT2D eigenvalue weighted by atomic mass is 15.2. The highest BCUT2D eigenvalue weighted by Crippen LogP contribution is 2.41. The molecule has 100 valence electrons. The third-order valence-electron chi connectivity index (χ3n) is 4.57. The topological polar surface area (TPSA) is 15.6 Å². The van der Waals surface area contributed by atoms with Crippen LogP contribution in [-0.4, -0.2) is 23.2 Å². The maximum atomic E-state index is 4.64. The molecule has 2 nitrogen and oxygen atoms in total. The molecule has 0 saturated carbocycles. The SMILES string of the molecule is C1=CC2(C=C3c4ccc5ccccc5c4C=CN3C2)N=C1. The molecule has 2 aromatic rings. The maximum absolute atomic E-state index is 4.64. The molecule has 2 aromatic carbocycles. The van der Waals surface area contributed by atoms with E-state index in [-0.39, 0.29) is 5.54 Å². The fourth-order valence-corrected chi connectivity index (χ4v) is 3.57. The third-order valence-corrected chi connectivity index (χ3v) is 4.57. The van der Waals surface area contributed by atoms with Crippen molar-refractivity contribution in [2.45, 2.75) is 5.54 Å². The van der Waals surface area contributed by atoms with Gasteiger partial charge in [0.1, 0.15) is 5.54 Å². The lowest BCUT2D eigenvalue weighted by Crippen LogP contribution is -2.27. The second kappa shape index (κ2) is 3.73. The number of hydrogen-bond acceptors (Lipinski definition) is 2. The smallest absolute Gasteiger partial charge is 0.117 e. The Morgan fingerprint density at radius 3 is 2.95 bits per heavy atom. The molecule has 0 saturated heterocycles. The molecule has 0 bridgehead atoms. The van der Waals surface area contributed by atoms with Crippen molar-refractivity contribution < 1.29 is 0 Å². The molecule has 2 heteroatoms. The Hall–Kier alpha value is -2.61. The van der Waals surface area contributed by atoms with Crippen LogP contribution in [0.2, 0.25) is 0 Å². The lowest BCUT2D eigenvalue weighted by atomic mass is 9.94. The number of aliphatic imine (C=N–C) groups is 1. The van der Waals surface area contributed by atoms with Crippen molar-refractivity contribution in [3.05, 3.63) is 72.0 Å². The molecule has 5 rings (SSSR count). The molecule has 0 aliphatic carbocycles. The van der Waals surface area contributed by atoms with Gasteiger partial charge in [0.05, 0.1) is 6.54 Å². The Kier molecular flexibility index (Phi) is 1.97. The first-order chi connectivity index (χ1) is 10.3. The van der Waals surface area contributed by atoms with Gasteiger partial charge in [-0.3, -0.25) is 4.99 Å². The number of nitrogens with zero attached hydrogens (tertiary/aromatic N) is 2. The molecule has 3 aliphatic rings. The molecule has 3 heterocycles. The average Bonchev–Trinajstić information content (AvgIpc) is 3.13. The fraction of sp³-hybridized carbons (Fsp3) is 0.105. The van der Waals surface area contributed by atoms with Crippen molar-refractivity contribution in [1.82, 2.24) is 4.90 Å². The Balaban J connectivity index is 1.77. The van der Waals surface area contributed by atoms with Gasteiger partial charge in [-0.1, -0.05) is 36.4 Å². The van der Waals surface area contributed by atoms with Crippen molar-refractivity contribution >= 4 is 28.8 Å². The largest absolute Gasteiger partial charge is 0.345 e. The van der Waals surface area contributed by atoms with Crippen LogP contribution in [0.3, 0.4) is 0 Å². The standard InChI is InChI=1S/C19H14N2/c1-2-5-15-14(4-1)6-7-17-16(15)8-11-21-13-19(12-18(17)21)9-3-10-20-19/h1-12H,13H2. The normalized spacial score (nSPS) is 24.8. The monoisotopic (exact) mass is 270 g/mol. The van der Waals surface area contributed by atoms with Crippen molar-refractivity contribution in [2.24, 2.45) is 4.99 Å². The van der Waals surface area contributed by atoms with Gasteiger partial charge in [0, 0.05) is 23.7 Å². The van der Waals surface area contributed by atoms with E-state index in [0.29, 0.717) is 0 Å². The minimum atomic E-state index is -0.160. The molecule has 0 fully saturated rings. The second-order valence-electron chi connectivity index (χ2n) is 5.85. The minimum absolute atomic E-state index is 0.160. The first-order valence-corrected chi connectivity index (χ1v) is 7.28. The predicted octanol–water partition coefficient (Wildman–Crippen LogP) is 3.86. The van der Waals surface area contributed by atoms with Crippen LogP contribution in [0, 0.1) is 0 Å². The van der Waals surface area contributed by atoms with E-state index >= 15 is 0 Å². The highest BCUT2D eigenvalue weighted by molar-refractivity contribution is 5.97. The summed E-state index contributed by atoms with van der Waals surface area (Å²) in [6, 6.07) is 13.0. The Labute approximate surface area is 123 Å². The zero-order valence-electron chi connectivity index (χ0n) is 11.5. The van der Waals surface area contributed by atoms with Crippen LogP contribution < -0.4 is 0 Å². The summed E-state index contributed by atoms with van der Waals surface area (Å²) in [5.74, 6) is 0. The van der Waals surface area contributed by atoms with E-state index in [1.54, 1.807) is 0 Å². The molecule has 1 atom stereocenters. The summed E-state index contributed by atoms with van der Waals surface area (Å²) < 4.78 is 0. The van der Waals surface area contributed by atoms with Gasteiger partial charge in [0.15, 0.2) is 0 Å². The number of hydrogen-bond donors (Lipinski definition) is 0.